The molecule has 19 heavy (non-hydrogen) atoms. The highest BCUT2D eigenvalue weighted by molar-refractivity contribution is 5.85. The molecule has 0 aliphatic carbocycles. The highest BCUT2D eigenvalue weighted by Crippen LogP contribution is 2.27. The Morgan fingerprint density at radius 2 is 2.21 bits per heavy atom. The van der Waals surface area contributed by atoms with E-state index in [1.165, 1.54) is 0 Å². The van der Waals surface area contributed by atoms with Crippen molar-refractivity contribution >= 4 is 22.5 Å². The van der Waals surface area contributed by atoms with Crippen LogP contribution in [-0.4, -0.2) is 23.2 Å². The summed E-state index contributed by atoms with van der Waals surface area (Å²) in [5.74, 6) is -0.493. The highest BCUT2D eigenvalue weighted by Gasteiger charge is 2.17. The molecule has 0 amide bonds. The Balaban J connectivity index is 2.20. The predicted molar refractivity (Wildman–Crippen MR) is 75.2 cm³/mol. The number of anilines is 2. The Kier molecular flexibility index (Phi) is 3.53. The second kappa shape index (κ2) is 4.97. The molecule has 6 nitrogen and oxygen atoms in total. The van der Waals surface area contributed by atoms with Crippen LogP contribution in [0.4, 0.5) is 11.4 Å². The third-order valence-electron chi connectivity index (χ3n) is 3.14. The zero-order valence-corrected chi connectivity index (χ0v) is 11.1. The van der Waals surface area contributed by atoms with Gasteiger partial charge in [-0.2, -0.15) is 0 Å². The predicted octanol–water partition coefficient (Wildman–Crippen LogP) is 1.52. The molecule has 1 heterocycles. The van der Waals surface area contributed by atoms with Gasteiger partial charge in [-0.3, -0.25) is 4.98 Å². The Hall–Kier alpha value is -1.95. The van der Waals surface area contributed by atoms with Crippen LogP contribution in [0.3, 0.4) is 0 Å². The molecule has 0 unspecified atom stereocenters. The average molecular weight is 265 g/mol. The minimum absolute atomic E-state index is 0.0417. The number of aliphatic hydroxyl groups is 1. The van der Waals surface area contributed by atoms with Crippen LogP contribution < -0.4 is 16.8 Å². The number of oxazole rings is 1. The van der Waals surface area contributed by atoms with Gasteiger partial charge in [-0.05, 0) is 17.9 Å². The zero-order valence-electron chi connectivity index (χ0n) is 11.1. The van der Waals surface area contributed by atoms with Crippen LogP contribution in [0.2, 0.25) is 0 Å². The first kappa shape index (κ1) is 13.5. The molecule has 1 aromatic heterocycles. The largest absolute Gasteiger partial charge is 0.417 e. The van der Waals surface area contributed by atoms with Crippen molar-refractivity contribution < 1.29 is 9.52 Å². The van der Waals surface area contributed by atoms with Crippen molar-refractivity contribution in [2.45, 2.75) is 20.3 Å². The number of hydrogen-bond donors (Lipinski definition) is 4. The fraction of sp³-hybridized carbons (Fsp3) is 0.462. The van der Waals surface area contributed by atoms with Gasteiger partial charge in [0.1, 0.15) is 0 Å². The summed E-state index contributed by atoms with van der Waals surface area (Å²) in [5.41, 5.74) is 8.20. The first-order valence-electron chi connectivity index (χ1n) is 6.18. The number of hydrogen-bond acceptors (Lipinski definition) is 5. The van der Waals surface area contributed by atoms with E-state index in [9.17, 15) is 4.79 Å². The van der Waals surface area contributed by atoms with Gasteiger partial charge in [0.15, 0.2) is 5.58 Å². The molecule has 2 rings (SSSR count). The summed E-state index contributed by atoms with van der Waals surface area (Å²) in [5, 5.41) is 12.2. The van der Waals surface area contributed by atoms with Gasteiger partial charge in [-0.1, -0.05) is 13.8 Å². The average Bonchev–Trinajstić information content (AvgIpc) is 2.65. The fourth-order valence-electron chi connectivity index (χ4n) is 1.89. The Labute approximate surface area is 110 Å². The van der Waals surface area contributed by atoms with E-state index in [0.717, 1.165) is 5.69 Å². The monoisotopic (exact) mass is 265 g/mol. The van der Waals surface area contributed by atoms with Crippen LogP contribution in [0, 0.1) is 5.41 Å². The van der Waals surface area contributed by atoms with Crippen molar-refractivity contribution in [1.29, 1.82) is 0 Å². The van der Waals surface area contributed by atoms with E-state index >= 15 is 0 Å². The van der Waals surface area contributed by atoms with Crippen molar-refractivity contribution in [2.75, 3.05) is 24.2 Å². The first-order valence-corrected chi connectivity index (χ1v) is 6.18. The summed E-state index contributed by atoms with van der Waals surface area (Å²) in [6.45, 7) is 4.94. The van der Waals surface area contributed by atoms with Crippen LogP contribution in [0.25, 0.3) is 11.1 Å². The van der Waals surface area contributed by atoms with Crippen LogP contribution >= 0.6 is 0 Å². The molecule has 0 aliphatic rings. The van der Waals surface area contributed by atoms with Crippen LogP contribution in [-0.2, 0) is 0 Å². The van der Waals surface area contributed by atoms with Gasteiger partial charge >= 0.3 is 5.76 Å². The molecule has 2 aromatic rings. The number of rotatable bonds is 5. The third kappa shape index (κ3) is 3.08. The molecule has 104 valence electrons. The number of fused-ring (bicyclic) bond motifs is 1. The summed E-state index contributed by atoms with van der Waals surface area (Å²) in [7, 11) is 0. The minimum Gasteiger partial charge on any atom is -0.408 e. The standard InChI is InChI=1S/C13H19N3O3/c1-13(2,3-4-17)7-15-9-6-10-11(5-8(9)14)19-12(18)16-10/h5-6,15,17H,3-4,7,14H2,1-2H3,(H,16,18). The van der Waals surface area contributed by atoms with E-state index in [-0.39, 0.29) is 12.0 Å². The van der Waals surface area contributed by atoms with Crippen LogP contribution in [0.5, 0.6) is 0 Å². The summed E-state index contributed by atoms with van der Waals surface area (Å²) in [4.78, 5) is 13.7. The number of nitrogen functional groups attached to an aromatic ring is 1. The molecule has 6 heteroatoms. The molecule has 0 aliphatic heterocycles. The van der Waals surface area contributed by atoms with Gasteiger partial charge in [0.05, 0.1) is 16.9 Å². The number of aliphatic hydroxyl groups excluding tert-OH is 1. The highest BCUT2D eigenvalue weighted by atomic mass is 16.4. The van der Waals surface area contributed by atoms with Crippen molar-refractivity contribution in [3.05, 3.63) is 22.7 Å². The lowest BCUT2D eigenvalue weighted by Crippen LogP contribution is -2.24. The molecule has 1 aromatic carbocycles. The number of H-pyrrole nitrogens is 1. The normalized spacial score (nSPS) is 11.9. The number of benzene rings is 1. The molecule has 0 saturated carbocycles. The van der Waals surface area contributed by atoms with Gasteiger partial charge in [0.2, 0.25) is 0 Å². The second-order valence-corrected chi connectivity index (χ2v) is 5.44. The molecule has 0 bridgehead atoms. The van der Waals surface area contributed by atoms with E-state index in [1.807, 2.05) is 0 Å². The molecule has 0 radical (unpaired) electrons. The second-order valence-electron chi connectivity index (χ2n) is 5.44. The number of nitrogens with one attached hydrogen (secondary N) is 2. The minimum atomic E-state index is -0.493. The molecule has 0 saturated heterocycles. The van der Waals surface area contributed by atoms with Crippen LogP contribution in [0.15, 0.2) is 21.3 Å². The summed E-state index contributed by atoms with van der Waals surface area (Å²) >= 11 is 0. The van der Waals surface area contributed by atoms with Crippen molar-refractivity contribution in [3.8, 4) is 0 Å². The van der Waals surface area contributed by atoms with E-state index in [0.29, 0.717) is 29.8 Å². The maximum Gasteiger partial charge on any atom is 0.417 e. The maximum absolute atomic E-state index is 11.1. The Morgan fingerprint density at radius 3 is 2.89 bits per heavy atom. The van der Waals surface area contributed by atoms with Crippen LogP contribution in [0.1, 0.15) is 20.3 Å². The SMILES string of the molecule is CC(C)(CCO)CNc1cc2[nH]c(=O)oc2cc1N. The smallest absolute Gasteiger partial charge is 0.408 e. The number of aromatic amines is 1. The topological polar surface area (TPSA) is 104 Å². The first-order chi connectivity index (χ1) is 8.91. The molecule has 5 N–H and O–H groups in total. The van der Waals surface area contributed by atoms with Gasteiger partial charge in [0, 0.05) is 19.2 Å². The molecular formula is C13H19N3O3. The summed E-state index contributed by atoms with van der Waals surface area (Å²) < 4.78 is 4.94. The molecule has 0 spiro atoms. The number of aromatic nitrogens is 1. The van der Waals surface area contributed by atoms with Gasteiger partial charge in [-0.25, -0.2) is 4.79 Å². The lowest BCUT2D eigenvalue weighted by molar-refractivity contribution is 0.220. The number of nitrogens with two attached hydrogens (primary N) is 1. The summed E-state index contributed by atoms with van der Waals surface area (Å²) in [6, 6.07) is 3.37. The van der Waals surface area contributed by atoms with E-state index < -0.39 is 5.76 Å². The lowest BCUT2D eigenvalue weighted by Gasteiger charge is -2.24. The molecule has 0 fully saturated rings. The Morgan fingerprint density at radius 1 is 1.47 bits per heavy atom. The van der Waals surface area contributed by atoms with Gasteiger partial charge in [0.25, 0.3) is 0 Å². The van der Waals surface area contributed by atoms with E-state index in [1.54, 1.807) is 12.1 Å². The zero-order chi connectivity index (χ0) is 14.0. The quantitative estimate of drug-likeness (QED) is 0.614. The van der Waals surface area contributed by atoms with Crippen molar-refractivity contribution in [2.24, 2.45) is 5.41 Å². The summed E-state index contributed by atoms with van der Waals surface area (Å²) in [6.07, 6.45) is 0.699. The fourth-order valence-corrected chi connectivity index (χ4v) is 1.89. The van der Waals surface area contributed by atoms with E-state index in [2.05, 4.69) is 24.1 Å². The molecular weight excluding hydrogens is 246 g/mol. The van der Waals surface area contributed by atoms with Gasteiger partial charge < -0.3 is 20.6 Å². The van der Waals surface area contributed by atoms with Gasteiger partial charge in [-0.15, -0.1) is 0 Å². The molecule has 0 atom stereocenters. The van der Waals surface area contributed by atoms with E-state index in [4.69, 9.17) is 15.3 Å². The van der Waals surface area contributed by atoms with Crippen molar-refractivity contribution in [1.82, 2.24) is 4.98 Å². The lowest BCUT2D eigenvalue weighted by atomic mass is 9.89. The maximum atomic E-state index is 11.1. The Bertz CT molecular complexity index is 628. The third-order valence-corrected chi connectivity index (χ3v) is 3.14. The van der Waals surface area contributed by atoms with Crippen molar-refractivity contribution in [3.63, 3.8) is 0 Å².